The van der Waals surface area contributed by atoms with Gasteiger partial charge in [-0.15, -0.1) is 0 Å². The minimum atomic E-state index is -0.0991. The van der Waals surface area contributed by atoms with Crippen molar-refractivity contribution in [2.75, 3.05) is 4.90 Å². The van der Waals surface area contributed by atoms with Crippen LogP contribution in [-0.4, -0.2) is 0 Å². The van der Waals surface area contributed by atoms with Crippen LogP contribution in [0.15, 0.2) is 200 Å². The SMILES string of the molecule is CC1(C)c2ccccc2-c2cccc(-c3ccccc3-c3ccc(N(c4ccc(-c5ccc6ccccc6c5)cc4)c4ccc5c(c4)C4(CCCC4)c4ccccc4-5)cc3)c21. The van der Waals surface area contributed by atoms with E-state index in [-0.39, 0.29) is 10.8 Å². The summed E-state index contributed by atoms with van der Waals surface area (Å²) >= 11 is 0. The van der Waals surface area contributed by atoms with Crippen LogP contribution in [0.1, 0.15) is 61.8 Å². The van der Waals surface area contributed by atoms with Crippen LogP contribution in [0, 0.1) is 0 Å². The van der Waals surface area contributed by atoms with Crippen molar-refractivity contribution in [1.29, 1.82) is 0 Å². The van der Waals surface area contributed by atoms with E-state index in [1.54, 1.807) is 0 Å². The highest BCUT2D eigenvalue weighted by Gasteiger charge is 2.45. The number of hydrogen-bond donors (Lipinski definition) is 0. The molecule has 1 heteroatoms. The van der Waals surface area contributed by atoms with Crippen LogP contribution in [0.4, 0.5) is 17.1 Å². The van der Waals surface area contributed by atoms with Crippen molar-refractivity contribution < 1.29 is 0 Å². The maximum Gasteiger partial charge on any atom is 0.0465 e. The number of rotatable bonds is 6. The second-order valence-corrected chi connectivity index (χ2v) is 18.0. The van der Waals surface area contributed by atoms with Crippen LogP contribution < -0.4 is 4.90 Å². The van der Waals surface area contributed by atoms with Crippen LogP contribution in [0.25, 0.3) is 66.4 Å². The zero-order chi connectivity index (χ0) is 40.7. The molecule has 0 aromatic heterocycles. The van der Waals surface area contributed by atoms with E-state index in [1.807, 2.05) is 0 Å². The van der Waals surface area contributed by atoms with Gasteiger partial charge in [0.25, 0.3) is 0 Å². The van der Waals surface area contributed by atoms with Gasteiger partial charge in [-0.1, -0.05) is 184 Å². The normalized spacial score (nSPS) is 15.0. The summed E-state index contributed by atoms with van der Waals surface area (Å²) in [4.78, 5) is 2.47. The van der Waals surface area contributed by atoms with Crippen molar-refractivity contribution in [3.63, 3.8) is 0 Å². The average molecular weight is 782 g/mol. The summed E-state index contributed by atoms with van der Waals surface area (Å²) in [5.41, 5.74) is 22.3. The molecule has 1 nitrogen and oxygen atoms in total. The first kappa shape index (κ1) is 35.9. The lowest BCUT2D eigenvalue weighted by Gasteiger charge is -2.30. The van der Waals surface area contributed by atoms with Gasteiger partial charge in [0.2, 0.25) is 0 Å². The smallest absolute Gasteiger partial charge is 0.0465 e. The Hall–Kier alpha value is -6.96. The van der Waals surface area contributed by atoms with Gasteiger partial charge in [-0.05, 0) is 144 Å². The van der Waals surface area contributed by atoms with Gasteiger partial charge in [-0.2, -0.15) is 0 Å². The van der Waals surface area contributed by atoms with Crippen molar-refractivity contribution in [2.24, 2.45) is 0 Å². The lowest BCUT2D eigenvalue weighted by atomic mass is 9.76. The fourth-order valence-corrected chi connectivity index (χ4v) is 11.6. The molecule has 0 aliphatic heterocycles. The fraction of sp³-hybridized carbons (Fsp3) is 0.133. The predicted octanol–water partition coefficient (Wildman–Crippen LogP) is 16.5. The molecule has 1 spiro atoms. The molecule has 3 aliphatic carbocycles. The Bertz CT molecular complexity index is 3160. The molecule has 0 atom stereocenters. The zero-order valence-electron chi connectivity index (χ0n) is 34.8. The number of hydrogen-bond acceptors (Lipinski definition) is 1. The van der Waals surface area contributed by atoms with Crippen molar-refractivity contribution >= 4 is 27.8 Å². The maximum absolute atomic E-state index is 2.52. The van der Waals surface area contributed by atoms with Gasteiger partial charge in [0.15, 0.2) is 0 Å². The lowest BCUT2D eigenvalue weighted by Crippen LogP contribution is -2.21. The average Bonchev–Trinajstić information content (AvgIpc) is 3.99. The third-order valence-corrected chi connectivity index (χ3v) is 14.4. The summed E-state index contributed by atoms with van der Waals surface area (Å²) in [7, 11) is 0. The molecule has 1 saturated carbocycles. The molecule has 0 heterocycles. The van der Waals surface area contributed by atoms with Crippen LogP contribution in [0.3, 0.4) is 0 Å². The van der Waals surface area contributed by atoms with E-state index in [4.69, 9.17) is 0 Å². The van der Waals surface area contributed by atoms with Crippen molar-refractivity contribution in [3.8, 4) is 55.6 Å². The Morgan fingerprint density at radius 2 is 0.852 bits per heavy atom. The van der Waals surface area contributed by atoms with E-state index in [9.17, 15) is 0 Å². The Balaban J connectivity index is 0.967. The number of fused-ring (bicyclic) bond motifs is 9. The molecular formula is C60H47N. The Labute approximate surface area is 359 Å². The summed E-state index contributed by atoms with van der Waals surface area (Å²) < 4.78 is 0. The van der Waals surface area contributed by atoms with Crippen LogP contribution in [0.2, 0.25) is 0 Å². The van der Waals surface area contributed by atoms with Crippen molar-refractivity contribution in [2.45, 2.75) is 50.4 Å². The summed E-state index contributed by atoms with van der Waals surface area (Å²) in [5, 5.41) is 2.53. The molecule has 0 bridgehead atoms. The monoisotopic (exact) mass is 781 g/mol. The second kappa shape index (κ2) is 13.8. The molecule has 9 aromatic carbocycles. The minimum Gasteiger partial charge on any atom is -0.310 e. The maximum atomic E-state index is 2.52. The number of nitrogens with zero attached hydrogens (tertiary/aromatic N) is 1. The minimum absolute atomic E-state index is 0.0919. The molecule has 1 fully saturated rings. The quantitative estimate of drug-likeness (QED) is 0.162. The number of anilines is 3. The Morgan fingerprint density at radius 3 is 1.57 bits per heavy atom. The Kier molecular flexibility index (Phi) is 8.13. The van der Waals surface area contributed by atoms with Gasteiger partial charge < -0.3 is 4.90 Å². The molecule has 3 aliphatic rings. The molecule has 0 unspecified atom stereocenters. The van der Waals surface area contributed by atoms with Gasteiger partial charge in [0, 0.05) is 27.9 Å². The van der Waals surface area contributed by atoms with Crippen LogP contribution >= 0.6 is 0 Å². The van der Waals surface area contributed by atoms with E-state index in [0.717, 1.165) is 11.4 Å². The van der Waals surface area contributed by atoms with Gasteiger partial charge in [-0.3, -0.25) is 0 Å². The standard InChI is InChI=1S/C60H47N/c1-59(2)55-22-9-7-19-51(55)54-21-13-20-53(58(54)59)49-17-6-5-16-48(49)42-28-32-46(33-29-42)61(45-30-26-41(27-31-45)44-25-24-40-14-3-4-15-43(40)38-44)47-34-35-52-50-18-8-10-23-56(50)60(57(52)39-47)36-11-12-37-60/h3-10,13-35,38-39H,11-12,36-37H2,1-2H3. The second-order valence-electron chi connectivity index (χ2n) is 18.0. The van der Waals surface area contributed by atoms with E-state index in [1.165, 1.54) is 120 Å². The highest BCUT2D eigenvalue weighted by Crippen LogP contribution is 2.58. The molecule has 0 saturated heterocycles. The van der Waals surface area contributed by atoms with Gasteiger partial charge in [0.1, 0.15) is 0 Å². The summed E-state index contributed by atoms with van der Waals surface area (Å²) in [6.45, 7) is 4.77. The van der Waals surface area contributed by atoms with Crippen LogP contribution in [-0.2, 0) is 10.8 Å². The lowest BCUT2D eigenvalue weighted by molar-refractivity contribution is 0.550. The molecule has 292 valence electrons. The van der Waals surface area contributed by atoms with Gasteiger partial charge >= 0.3 is 0 Å². The van der Waals surface area contributed by atoms with E-state index in [0.29, 0.717) is 0 Å². The van der Waals surface area contributed by atoms with Crippen LogP contribution in [0.5, 0.6) is 0 Å². The first-order valence-corrected chi connectivity index (χ1v) is 22.1. The first-order chi connectivity index (χ1) is 30.0. The van der Waals surface area contributed by atoms with Crippen molar-refractivity contribution in [3.05, 3.63) is 222 Å². The topological polar surface area (TPSA) is 3.24 Å². The summed E-state index contributed by atoms with van der Waals surface area (Å²) in [6.07, 6.45) is 4.97. The molecule has 9 aromatic rings. The van der Waals surface area contributed by atoms with E-state index in [2.05, 4.69) is 219 Å². The molecule has 0 N–H and O–H groups in total. The molecule has 61 heavy (non-hydrogen) atoms. The summed E-state index contributed by atoms with van der Waals surface area (Å²) in [5.74, 6) is 0. The molecular weight excluding hydrogens is 735 g/mol. The highest BCUT2D eigenvalue weighted by atomic mass is 15.1. The largest absolute Gasteiger partial charge is 0.310 e. The zero-order valence-corrected chi connectivity index (χ0v) is 34.8. The predicted molar refractivity (Wildman–Crippen MR) is 257 cm³/mol. The first-order valence-electron chi connectivity index (χ1n) is 22.1. The molecule has 12 rings (SSSR count). The fourth-order valence-electron chi connectivity index (χ4n) is 11.6. The highest BCUT2D eigenvalue weighted by molar-refractivity contribution is 5.94. The molecule has 0 radical (unpaired) electrons. The van der Waals surface area contributed by atoms with E-state index < -0.39 is 0 Å². The van der Waals surface area contributed by atoms with Crippen molar-refractivity contribution in [1.82, 2.24) is 0 Å². The van der Waals surface area contributed by atoms with E-state index >= 15 is 0 Å². The summed E-state index contributed by atoms with van der Waals surface area (Å²) in [6, 6.07) is 75.1. The third kappa shape index (κ3) is 5.53. The van der Waals surface area contributed by atoms with Gasteiger partial charge in [0.05, 0.1) is 0 Å². The number of benzene rings is 9. The third-order valence-electron chi connectivity index (χ3n) is 14.4. The Morgan fingerprint density at radius 1 is 0.344 bits per heavy atom. The van der Waals surface area contributed by atoms with Gasteiger partial charge in [-0.25, -0.2) is 0 Å². The molecule has 0 amide bonds.